The van der Waals surface area contributed by atoms with Crippen LogP contribution >= 0.6 is 23.2 Å². The highest BCUT2D eigenvalue weighted by atomic mass is 35.5. The Morgan fingerprint density at radius 2 is 1.90 bits per heavy atom. The first-order valence-corrected chi connectivity index (χ1v) is 8.50. The topological polar surface area (TPSA) is 12.0 Å². The van der Waals surface area contributed by atoms with Crippen molar-refractivity contribution in [1.82, 2.24) is 5.32 Å². The molecule has 0 spiro atoms. The van der Waals surface area contributed by atoms with Gasteiger partial charge in [0.25, 0.3) is 0 Å². The molecule has 2 rings (SSSR count). The van der Waals surface area contributed by atoms with E-state index in [2.05, 4.69) is 19.2 Å². The summed E-state index contributed by atoms with van der Waals surface area (Å²) in [5, 5.41) is 5.12. The maximum atomic E-state index is 6.24. The third kappa shape index (κ3) is 4.65. The van der Waals surface area contributed by atoms with Gasteiger partial charge in [-0.3, -0.25) is 0 Å². The van der Waals surface area contributed by atoms with E-state index in [1.54, 1.807) is 0 Å². The molecule has 1 unspecified atom stereocenters. The molecule has 1 nitrogen and oxygen atoms in total. The Labute approximate surface area is 133 Å². The monoisotopic (exact) mass is 313 g/mol. The smallest absolute Gasteiger partial charge is 0.0454 e. The molecule has 0 aliphatic heterocycles. The lowest BCUT2D eigenvalue weighted by Crippen LogP contribution is -2.23. The molecule has 3 heteroatoms. The van der Waals surface area contributed by atoms with Gasteiger partial charge in [0.15, 0.2) is 0 Å². The molecule has 1 aliphatic rings. The normalized spacial score (nSPS) is 24.6. The van der Waals surface area contributed by atoms with Crippen molar-refractivity contribution >= 4 is 23.2 Å². The van der Waals surface area contributed by atoms with Gasteiger partial charge < -0.3 is 5.32 Å². The molecule has 1 saturated carbocycles. The van der Waals surface area contributed by atoms with Crippen LogP contribution in [0.15, 0.2) is 18.2 Å². The summed E-state index contributed by atoms with van der Waals surface area (Å²) in [6.07, 6.45) is 6.88. The zero-order chi connectivity index (χ0) is 14.5. The van der Waals surface area contributed by atoms with E-state index in [4.69, 9.17) is 23.2 Å². The van der Waals surface area contributed by atoms with Crippen molar-refractivity contribution in [2.45, 2.75) is 52.0 Å². The van der Waals surface area contributed by atoms with Crippen molar-refractivity contribution in [1.29, 1.82) is 0 Å². The van der Waals surface area contributed by atoms with E-state index in [1.807, 2.05) is 18.2 Å². The van der Waals surface area contributed by atoms with Crippen LogP contribution in [0, 0.1) is 11.8 Å². The van der Waals surface area contributed by atoms with Crippen LogP contribution in [-0.4, -0.2) is 6.54 Å². The van der Waals surface area contributed by atoms with Crippen molar-refractivity contribution in [2.24, 2.45) is 11.8 Å². The molecule has 0 radical (unpaired) electrons. The zero-order valence-corrected chi connectivity index (χ0v) is 14.0. The van der Waals surface area contributed by atoms with Crippen molar-refractivity contribution in [2.75, 3.05) is 6.54 Å². The first-order valence-electron chi connectivity index (χ1n) is 7.74. The Kier molecular flexibility index (Phi) is 6.20. The summed E-state index contributed by atoms with van der Waals surface area (Å²) in [7, 11) is 0. The number of hydrogen-bond donors (Lipinski definition) is 1. The van der Waals surface area contributed by atoms with Crippen LogP contribution in [-0.2, 0) is 0 Å². The molecule has 1 fully saturated rings. The molecular weight excluding hydrogens is 289 g/mol. The van der Waals surface area contributed by atoms with Gasteiger partial charge in [0.1, 0.15) is 0 Å². The molecule has 1 N–H and O–H groups in total. The SMILES string of the molecule is CC1CCC(CCNC(C)c2cc(Cl)ccc2Cl)CC1. The van der Waals surface area contributed by atoms with Crippen LogP contribution in [0.3, 0.4) is 0 Å². The van der Waals surface area contributed by atoms with Gasteiger partial charge >= 0.3 is 0 Å². The lowest BCUT2D eigenvalue weighted by molar-refractivity contribution is 0.273. The number of hydrogen-bond acceptors (Lipinski definition) is 1. The van der Waals surface area contributed by atoms with Gasteiger partial charge in [-0.15, -0.1) is 0 Å². The first kappa shape index (κ1) is 16.1. The Bertz CT molecular complexity index is 425. The summed E-state index contributed by atoms with van der Waals surface area (Å²) in [6, 6.07) is 5.93. The average Bonchev–Trinajstić information content (AvgIpc) is 2.43. The molecule has 0 bridgehead atoms. The lowest BCUT2D eigenvalue weighted by Gasteiger charge is -2.26. The highest BCUT2D eigenvalue weighted by Crippen LogP contribution is 2.30. The largest absolute Gasteiger partial charge is 0.310 e. The van der Waals surface area contributed by atoms with Gasteiger partial charge in [-0.25, -0.2) is 0 Å². The van der Waals surface area contributed by atoms with Gasteiger partial charge in [-0.1, -0.05) is 55.8 Å². The van der Waals surface area contributed by atoms with Gasteiger partial charge in [0.2, 0.25) is 0 Å². The Morgan fingerprint density at radius 1 is 1.20 bits per heavy atom. The van der Waals surface area contributed by atoms with E-state index < -0.39 is 0 Å². The highest BCUT2D eigenvalue weighted by molar-refractivity contribution is 6.33. The molecule has 1 aromatic carbocycles. The summed E-state index contributed by atoms with van der Waals surface area (Å²) >= 11 is 12.3. The van der Waals surface area contributed by atoms with E-state index in [-0.39, 0.29) is 6.04 Å². The maximum absolute atomic E-state index is 6.24. The number of rotatable bonds is 5. The Balaban J connectivity index is 1.77. The van der Waals surface area contributed by atoms with E-state index in [0.717, 1.165) is 34.0 Å². The summed E-state index contributed by atoms with van der Waals surface area (Å²) in [5.74, 6) is 1.84. The second-order valence-corrected chi connectivity index (χ2v) is 7.10. The summed E-state index contributed by atoms with van der Waals surface area (Å²) < 4.78 is 0. The number of halogens is 2. The van der Waals surface area contributed by atoms with Crippen LogP contribution in [0.4, 0.5) is 0 Å². The molecule has 0 aromatic heterocycles. The van der Waals surface area contributed by atoms with Crippen LogP contribution in [0.5, 0.6) is 0 Å². The number of nitrogens with one attached hydrogen (secondary N) is 1. The van der Waals surface area contributed by atoms with E-state index in [1.165, 1.54) is 32.1 Å². The van der Waals surface area contributed by atoms with Gasteiger partial charge in [-0.2, -0.15) is 0 Å². The van der Waals surface area contributed by atoms with E-state index in [9.17, 15) is 0 Å². The average molecular weight is 314 g/mol. The Morgan fingerprint density at radius 3 is 2.60 bits per heavy atom. The Hall–Kier alpha value is -0.240. The predicted octanol–water partition coefficient (Wildman–Crippen LogP) is 5.86. The fraction of sp³-hybridized carbons (Fsp3) is 0.647. The minimum Gasteiger partial charge on any atom is -0.310 e. The zero-order valence-electron chi connectivity index (χ0n) is 12.5. The minimum atomic E-state index is 0.253. The first-order chi connectivity index (χ1) is 9.56. The van der Waals surface area contributed by atoms with Crippen LogP contribution in [0.25, 0.3) is 0 Å². The standard InChI is InChI=1S/C17H25Cl2N/c1-12-3-5-14(6-4-12)9-10-20-13(2)16-11-15(18)7-8-17(16)19/h7-8,11-14,20H,3-6,9-10H2,1-2H3. The number of benzene rings is 1. The molecule has 1 aliphatic carbocycles. The molecule has 20 heavy (non-hydrogen) atoms. The van der Waals surface area contributed by atoms with Crippen LogP contribution in [0.2, 0.25) is 10.0 Å². The molecule has 112 valence electrons. The van der Waals surface area contributed by atoms with Crippen molar-refractivity contribution in [3.05, 3.63) is 33.8 Å². The third-order valence-electron chi connectivity index (χ3n) is 4.56. The third-order valence-corrected chi connectivity index (χ3v) is 5.14. The van der Waals surface area contributed by atoms with E-state index >= 15 is 0 Å². The molecule has 0 amide bonds. The predicted molar refractivity (Wildman–Crippen MR) is 88.6 cm³/mol. The van der Waals surface area contributed by atoms with Gasteiger partial charge in [-0.05, 0) is 55.5 Å². The van der Waals surface area contributed by atoms with Gasteiger partial charge in [0, 0.05) is 16.1 Å². The van der Waals surface area contributed by atoms with Crippen molar-refractivity contribution in [3.63, 3.8) is 0 Å². The minimum absolute atomic E-state index is 0.253. The van der Waals surface area contributed by atoms with Crippen molar-refractivity contribution in [3.8, 4) is 0 Å². The maximum Gasteiger partial charge on any atom is 0.0454 e. The summed E-state index contributed by atoms with van der Waals surface area (Å²) in [4.78, 5) is 0. The second-order valence-electron chi connectivity index (χ2n) is 6.26. The van der Waals surface area contributed by atoms with Crippen molar-refractivity contribution < 1.29 is 0 Å². The fourth-order valence-electron chi connectivity index (χ4n) is 3.08. The molecule has 0 heterocycles. The molecule has 1 aromatic rings. The van der Waals surface area contributed by atoms with Crippen LogP contribution < -0.4 is 5.32 Å². The molecule has 1 atom stereocenters. The molecular formula is C17H25Cl2N. The second kappa shape index (κ2) is 7.68. The highest BCUT2D eigenvalue weighted by Gasteiger charge is 2.18. The lowest BCUT2D eigenvalue weighted by atomic mass is 9.81. The van der Waals surface area contributed by atoms with E-state index in [0.29, 0.717) is 0 Å². The molecule has 0 saturated heterocycles. The van der Waals surface area contributed by atoms with Crippen LogP contribution in [0.1, 0.15) is 57.6 Å². The summed E-state index contributed by atoms with van der Waals surface area (Å²) in [6.45, 7) is 5.58. The quantitative estimate of drug-likeness (QED) is 0.717. The fourth-order valence-corrected chi connectivity index (χ4v) is 3.54. The van der Waals surface area contributed by atoms with Gasteiger partial charge in [0.05, 0.1) is 0 Å². The summed E-state index contributed by atoms with van der Waals surface area (Å²) in [5.41, 5.74) is 1.09.